The highest BCUT2D eigenvalue weighted by Crippen LogP contribution is 2.15. The van der Waals surface area contributed by atoms with Crippen LogP contribution in [-0.4, -0.2) is 32.6 Å². The van der Waals surface area contributed by atoms with Gasteiger partial charge in [-0.2, -0.15) is 8.42 Å². The summed E-state index contributed by atoms with van der Waals surface area (Å²) in [5.74, 6) is -0.733. The second-order valence-corrected chi connectivity index (χ2v) is 7.56. The predicted molar refractivity (Wildman–Crippen MR) is 99.5 cm³/mol. The van der Waals surface area contributed by atoms with Gasteiger partial charge in [0, 0.05) is 13.3 Å². The molecule has 0 saturated carbocycles. The van der Waals surface area contributed by atoms with Gasteiger partial charge in [0.15, 0.2) is 0 Å². The van der Waals surface area contributed by atoms with Crippen LogP contribution >= 0.6 is 0 Å². The molecular formula is C19H21NO6S. The van der Waals surface area contributed by atoms with E-state index in [0.29, 0.717) is 5.56 Å². The van der Waals surface area contributed by atoms with Crippen LogP contribution < -0.4 is 9.50 Å². The molecule has 1 unspecified atom stereocenters. The Morgan fingerprint density at radius 1 is 1.00 bits per heavy atom. The lowest BCUT2D eigenvalue weighted by Gasteiger charge is -2.17. The van der Waals surface area contributed by atoms with Crippen LogP contribution in [0.1, 0.15) is 18.1 Å². The van der Waals surface area contributed by atoms with Gasteiger partial charge in [-0.1, -0.05) is 42.5 Å². The summed E-state index contributed by atoms with van der Waals surface area (Å²) < 4.78 is 32.3. The smallest absolute Gasteiger partial charge is 0.329 e. The molecule has 2 aromatic rings. The van der Waals surface area contributed by atoms with Gasteiger partial charge in [-0.3, -0.25) is 4.79 Å². The summed E-state index contributed by atoms with van der Waals surface area (Å²) in [7, 11) is -3.61. The number of ether oxygens (including phenoxy) is 1. The van der Waals surface area contributed by atoms with Crippen LogP contribution in [0.5, 0.6) is 5.75 Å². The molecule has 2 rings (SSSR count). The van der Waals surface area contributed by atoms with Crippen molar-refractivity contribution in [3.63, 3.8) is 0 Å². The molecule has 7 nitrogen and oxygen atoms in total. The minimum atomic E-state index is -3.61. The number of rotatable bonds is 8. The van der Waals surface area contributed by atoms with Crippen molar-refractivity contribution in [2.24, 2.45) is 0 Å². The number of hydrogen-bond acceptors (Lipinski definition) is 6. The van der Waals surface area contributed by atoms with Crippen LogP contribution in [0, 0.1) is 0 Å². The van der Waals surface area contributed by atoms with Crippen LogP contribution in [-0.2, 0) is 37.5 Å². The lowest BCUT2D eigenvalue weighted by molar-refractivity contribution is -0.149. The number of amides is 1. The Balaban J connectivity index is 2.02. The van der Waals surface area contributed by atoms with E-state index in [1.807, 2.05) is 30.3 Å². The predicted octanol–water partition coefficient (Wildman–Crippen LogP) is 1.82. The minimum absolute atomic E-state index is 0.108. The third kappa shape index (κ3) is 7.49. The molecule has 1 atom stereocenters. The highest BCUT2D eigenvalue weighted by Gasteiger charge is 2.21. The van der Waals surface area contributed by atoms with Crippen molar-refractivity contribution >= 4 is 22.0 Å². The monoisotopic (exact) mass is 391 g/mol. The molecule has 0 fully saturated rings. The van der Waals surface area contributed by atoms with Crippen molar-refractivity contribution < 1.29 is 26.9 Å². The molecule has 0 heterocycles. The standard InChI is InChI=1S/C19H21NO6S/c1-14(21)20-18(19(22)25-13-16-6-4-3-5-7-16)12-15-8-10-17(11-9-15)26-27(2,23)24/h3-11,18H,12-13H2,1-2H3,(H,20,21). The number of benzene rings is 2. The molecule has 0 radical (unpaired) electrons. The Hall–Kier alpha value is -2.87. The highest BCUT2D eigenvalue weighted by atomic mass is 32.2. The second kappa shape index (κ2) is 9.18. The molecule has 0 aromatic heterocycles. The number of nitrogens with one attached hydrogen (secondary N) is 1. The Bertz CT molecular complexity index is 878. The number of hydrogen-bond donors (Lipinski definition) is 1. The van der Waals surface area contributed by atoms with E-state index in [0.717, 1.165) is 11.8 Å². The van der Waals surface area contributed by atoms with E-state index >= 15 is 0 Å². The Morgan fingerprint density at radius 2 is 1.63 bits per heavy atom. The van der Waals surface area contributed by atoms with Gasteiger partial charge in [0.05, 0.1) is 6.26 Å². The van der Waals surface area contributed by atoms with Crippen LogP contribution in [0.25, 0.3) is 0 Å². The first-order valence-corrected chi connectivity index (χ1v) is 10.0. The Morgan fingerprint density at radius 3 is 2.19 bits per heavy atom. The summed E-state index contributed by atoms with van der Waals surface area (Å²) in [6.07, 6.45) is 1.16. The van der Waals surface area contributed by atoms with Gasteiger partial charge in [0.25, 0.3) is 0 Å². The summed E-state index contributed by atoms with van der Waals surface area (Å²) in [5.41, 5.74) is 1.56. The van der Waals surface area contributed by atoms with E-state index < -0.39 is 22.1 Å². The molecule has 0 spiro atoms. The SMILES string of the molecule is CC(=O)NC(Cc1ccc(OS(C)(=O)=O)cc1)C(=O)OCc1ccccc1. The van der Waals surface area contributed by atoms with Gasteiger partial charge in [0.2, 0.25) is 5.91 Å². The van der Waals surface area contributed by atoms with Crippen LogP contribution in [0.2, 0.25) is 0 Å². The first kappa shape index (κ1) is 20.4. The van der Waals surface area contributed by atoms with Gasteiger partial charge in [-0.25, -0.2) is 4.79 Å². The normalized spacial score (nSPS) is 12.1. The molecule has 0 aliphatic heterocycles. The van der Waals surface area contributed by atoms with Crippen molar-refractivity contribution in [1.29, 1.82) is 0 Å². The van der Waals surface area contributed by atoms with Crippen molar-refractivity contribution in [2.75, 3.05) is 6.26 Å². The summed E-state index contributed by atoms with van der Waals surface area (Å²) in [6, 6.07) is 14.6. The molecule has 1 N–H and O–H groups in total. The average Bonchev–Trinajstić information content (AvgIpc) is 2.60. The lowest BCUT2D eigenvalue weighted by Crippen LogP contribution is -2.42. The average molecular weight is 391 g/mol. The van der Waals surface area contributed by atoms with E-state index in [1.165, 1.54) is 19.1 Å². The van der Waals surface area contributed by atoms with E-state index in [-0.39, 0.29) is 24.7 Å². The van der Waals surface area contributed by atoms with Gasteiger partial charge < -0.3 is 14.2 Å². The van der Waals surface area contributed by atoms with Crippen LogP contribution in [0.4, 0.5) is 0 Å². The lowest BCUT2D eigenvalue weighted by atomic mass is 10.1. The largest absolute Gasteiger partial charge is 0.459 e. The fraction of sp³-hybridized carbons (Fsp3) is 0.263. The second-order valence-electron chi connectivity index (χ2n) is 5.98. The Labute approximate surface area is 158 Å². The fourth-order valence-electron chi connectivity index (χ4n) is 2.36. The third-order valence-electron chi connectivity index (χ3n) is 3.50. The molecular weight excluding hydrogens is 370 g/mol. The summed E-state index contributed by atoms with van der Waals surface area (Å²) in [4.78, 5) is 23.8. The van der Waals surface area contributed by atoms with E-state index in [9.17, 15) is 18.0 Å². The topological polar surface area (TPSA) is 98.8 Å². The number of esters is 1. The van der Waals surface area contributed by atoms with Gasteiger partial charge in [-0.05, 0) is 23.3 Å². The highest BCUT2D eigenvalue weighted by molar-refractivity contribution is 7.86. The quantitative estimate of drug-likeness (QED) is 0.544. The molecule has 0 bridgehead atoms. The molecule has 2 aromatic carbocycles. The van der Waals surface area contributed by atoms with Crippen molar-refractivity contribution in [1.82, 2.24) is 5.32 Å². The molecule has 0 aliphatic rings. The molecule has 1 amide bonds. The third-order valence-corrected chi connectivity index (χ3v) is 3.99. The van der Waals surface area contributed by atoms with Gasteiger partial charge >= 0.3 is 16.1 Å². The van der Waals surface area contributed by atoms with Crippen LogP contribution in [0.15, 0.2) is 54.6 Å². The molecule has 27 heavy (non-hydrogen) atoms. The number of carbonyl (C=O) groups is 2. The zero-order valence-electron chi connectivity index (χ0n) is 15.0. The molecule has 8 heteroatoms. The maximum absolute atomic E-state index is 12.4. The Kier molecular flexibility index (Phi) is 6.95. The van der Waals surface area contributed by atoms with Crippen molar-refractivity contribution in [3.05, 3.63) is 65.7 Å². The maximum Gasteiger partial charge on any atom is 0.329 e. The molecule has 0 aliphatic carbocycles. The first-order valence-electron chi connectivity index (χ1n) is 8.19. The van der Waals surface area contributed by atoms with E-state index in [2.05, 4.69) is 5.32 Å². The first-order chi connectivity index (χ1) is 12.7. The van der Waals surface area contributed by atoms with Gasteiger partial charge in [-0.15, -0.1) is 0 Å². The maximum atomic E-state index is 12.4. The summed E-state index contributed by atoms with van der Waals surface area (Å²) >= 11 is 0. The minimum Gasteiger partial charge on any atom is -0.459 e. The molecule has 144 valence electrons. The van der Waals surface area contributed by atoms with Crippen molar-refractivity contribution in [2.45, 2.75) is 26.0 Å². The summed E-state index contributed by atoms with van der Waals surface area (Å²) in [5, 5.41) is 2.58. The summed E-state index contributed by atoms with van der Waals surface area (Å²) in [6.45, 7) is 1.43. The molecule has 0 saturated heterocycles. The zero-order valence-corrected chi connectivity index (χ0v) is 15.9. The van der Waals surface area contributed by atoms with E-state index in [1.54, 1.807) is 12.1 Å². The van der Waals surface area contributed by atoms with Crippen molar-refractivity contribution in [3.8, 4) is 5.75 Å². The van der Waals surface area contributed by atoms with E-state index in [4.69, 9.17) is 8.92 Å². The van der Waals surface area contributed by atoms with Crippen LogP contribution in [0.3, 0.4) is 0 Å². The number of carbonyl (C=O) groups excluding carboxylic acids is 2. The van der Waals surface area contributed by atoms with Gasteiger partial charge in [0.1, 0.15) is 18.4 Å². The fourth-order valence-corrected chi connectivity index (χ4v) is 2.82. The zero-order chi connectivity index (χ0) is 19.9.